The van der Waals surface area contributed by atoms with Crippen molar-refractivity contribution in [3.63, 3.8) is 0 Å². The summed E-state index contributed by atoms with van der Waals surface area (Å²) < 4.78 is 12.1. The largest absolute Gasteiger partial charge is 0.495 e. The first-order chi connectivity index (χ1) is 11.6. The number of aryl methyl sites for hydroxylation is 2. The van der Waals surface area contributed by atoms with Crippen molar-refractivity contribution in [1.82, 2.24) is 9.78 Å². The number of halogens is 1. The predicted octanol–water partition coefficient (Wildman–Crippen LogP) is 3.07. The summed E-state index contributed by atoms with van der Waals surface area (Å²) in [6, 6.07) is 3.26. The monoisotopic (exact) mass is 349 g/mol. The summed E-state index contributed by atoms with van der Waals surface area (Å²) in [5, 5.41) is 7.72. The van der Waals surface area contributed by atoms with Crippen LogP contribution in [-0.4, -0.2) is 29.9 Å². The van der Waals surface area contributed by atoms with Crippen LogP contribution in [0.25, 0.3) is 0 Å². The van der Waals surface area contributed by atoms with E-state index in [1.165, 1.54) is 26.2 Å². The molecular weight excluding hydrogens is 330 g/mol. The summed E-state index contributed by atoms with van der Waals surface area (Å²) in [6.07, 6.45) is 6.35. The average molecular weight is 350 g/mol. The van der Waals surface area contributed by atoms with E-state index >= 15 is 0 Å². The van der Waals surface area contributed by atoms with Crippen molar-refractivity contribution in [3.05, 3.63) is 34.6 Å². The van der Waals surface area contributed by atoms with Gasteiger partial charge < -0.3 is 14.8 Å². The Morgan fingerprint density at radius 2 is 2.00 bits per heavy atom. The number of ether oxygens (including phenoxy) is 2. The van der Waals surface area contributed by atoms with Gasteiger partial charge in [0.15, 0.2) is 0 Å². The Morgan fingerprint density at radius 3 is 2.71 bits per heavy atom. The first-order valence-corrected chi connectivity index (χ1v) is 8.25. The van der Waals surface area contributed by atoms with Crippen LogP contribution in [0.3, 0.4) is 0 Å². The fourth-order valence-corrected chi connectivity index (χ4v) is 3.15. The third kappa shape index (κ3) is 3.48. The highest BCUT2D eigenvalue weighted by molar-refractivity contribution is 6.32. The highest BCUT2D eigenvalue weighted by Crippen LogP contribution is 2.35. The molecule has 0 atom stereocenters. The highest BCUT2D eigenvalue weighted by Gasteiger charge is 2.16. The zero-order valence-corrected chi connectivity index (χ0v) is 14.5. The SMILES string of the molecule is COc1cc(OC)c(NC(=O)Cn2cc3c(n2)CCCC3)cc1Cl. The molecule has 0 aliphatic heterocycles. The second kappa shape index (κ2) is 7.13. The van der Waals surface area contributed by atoms with Crippen LogP contribution >= 0.6 is 11.6 Å². The van der Waals surface area contributed by atoms with E-state index in [-0.39, 0.29) is 12.5 Å². The van der Waals surface area contributed by atoms with Crippen molar-refractivity contribution >= 4 is 23.2 Å². The molecule has 1 heterocycles. The second-order valence-electron chi connectivity index (χ2n) is 5.74. The quantitative estimate of drug-likeness (QED) is 0.901. The molecule has 2 aromatic rings. The number of nitrogens with one attached hydrogen (secondary N) is 1. The number of hydrogen-bond acceptors (Lipinski definition) is 4. The summed E-state index contributed by atoms with van der Waals surface area (Å²) in [7, 11) is 3.05. The van der Waals surface area contributed by atoms with Crippen LogP contribution in [-0.2, 0) is 24.2 Å². The molecule has 24 heavy (non-hydrogen) atoms. The van der Waals surface area contributed by atoms with E-state index in [0.717, 1.165) is 25.0 Å². The van der Waals surface area contributed by atoms with Gasteiger partial charge in [0.2, 0.25) is 5.91 Å². The van der Waals surface area contributed by atoms with Gasteiger partial charge in [-0.05, 0) is 37.3 Å². The number of hydrogen-bond donors (Lipinski definition) is 1. The van der Waals surface area contributed by atoms with Crippen LogP contribution in [0.4, 0.5) is 5.69 Å². The van der Waals surface area contributed by atoms with Gasteiger partial charge >= 0.3 is 0 Å². The molecule has 1 aliphatic rings. The van der Waals surface area contributed by atoms with Crippen LogP contribution in [0.15, 0.2) is 18.3 Å². The molecule has 0 saturated heterocycles. The van der Waals surface area contributed by atoms with Crippen molar-refractivity contribution in [2.45, 2.75) is 32.2 Å². The van der Waals surface area contributed by atoms with E-state index in [2.05, 4.69) is 10.4 Å². The van der Waals surface area contributed by atoms with Crippen LogP contribution in [0.1, 0.15) is 24.1 Å². The van der Waals surface area contributed by atoms with E-state index in [1.807, 2.05) is 6.20 Å². The molecular formula is C17H20ClN3O3. The van der Waals surface area contributed by atoms with Crippen molar-refractivity contribution in [1.29, 1.82) is 0 Å². The fourth-order valence-electron chi connectivity index (χ4n) is 2.91. The molecule has 1 aliphatic carbocycles. The van der Waals surface area contributed by atoms with Gasteiger partial charge in [-0.2, -0.15) is 5.10 Å². The lowest BCUT2D eigenvalue weighted by atomic mass is 9.99. The van der Waals surface area contributed by atoms with Gasteiger partial charge in [0, 0.05) is 12.3 Å². The molecule has 0 unspecified atom stereocenters. The third-order valence-corrected chi connectivity index (χ3v) is 4.38. The molecule has 0 saturated carbocycles. The number of carbonyl (C=O) groups is 1. The number of nitrogens with zero attached hydrogens (tertiary/aromatic N) is 2. The summed E-state index contributed by atoms with van der Waals surface area (Å²) in [6.45, 7) is 0.153. The molecule has 128 valence electrons. The minimum Gasteiger partial charge on any atom is -0.495 e. The first-order valence-electron chi connectivity index (χ1n) is 7.87. The summed E-state index contributed by atoms with van der Waals surface area (Å²) in [5.41, 5.74) is 2.86. The summed E-state index contributed by atoms with van der Waals surface area (Å²) in [4.78, 5) is 12.3. The maximum Gasteiger partial charge on any atom is 0.246 e. The van der Waals surface area contributed by atoms with Crippen molar-refractivity contribution in [3.8, 4) is 11.5 Å². The number of benzene rings is 1. The summed E-state index contributed by atoms with van der Waals surface area (Å²) in [5.74, 6) is 0.796. The number of anilines is 1. The number of methoxy groups -OCH3 is 2. The topological polar surface area (TPSA) is 65.4 Å². The molecule has 3 rings (SSSR count). The molecule has 1 amide bonds. The Hall–Kier alpha value is -2.21. The molecule has 6 nitrogen and oxygen atoms in total. The zero-order valence-electron chi connectivity index (χ0n) is 13.8. The van der Waals surface area contributed by atoms with Crippen molar-refractivity contribution in [2.24, 2.45) is 0 Å². The molecule has 7 heteroatoms. The standard InChI is InChI=1S/C17H20ClN3O3/c1-23-15-8-16(24-2)14(7-12(15)18)19-17(22)10-21-9-11-5-3-4-6-13(11)20-21/h7-9H,3-6,10H2,1-2H3,(H,19,22). The minimum atomic E-state index is -0.186. The van der Waals surface area contributed by atoms with Crippen LogP contribution in [0, 0.1) is 0 Å². The number of amides is 1. The lowest BCUT2D eigenvalue weighted by Crippen LogP contribution is -2.19. The minimum absolute atomic E-state index is 0.153. The van der Waals surface area contributed by atoms with Gasteiger partial charge in [-0.1, -0.05) is 11.6 Å². The smallest absolute Gasteiger partial charge is 0.246 e. The molecule has 1 aromatic heterocycles. The second-order valence-corrected chi connectivity index (χ2v) is 6.15. The molecule has 1 N–H and O–H groups in total. The molecule has 0 spiro atoms. The molecule has 0 radical (unpaired) electrons. The Balaban J connectivity index is 1.72. The first kappa shape index (κ1) is 16.6. The maximum atomic E-state index is 12.3. The molecule has 0 fully saturated rings. The maximum absolute atomic E-state index is 12.3. The lowest BCUT2D eigenvalue weighted by Gasteiger charge is -2.13. The summed E-state index contributed by atoms with van der Waals surface area (Å²) >= 11 is 6.12. The molecule has 1 aromatic carbocycles. The predicted molar refractivity (Wildman–Crippen MR) is 92.1 cm³/mol. The van der Waals surface area contributed by atoms with Gasteiger partial charge in [0.25, 0.3) is 0 Å². The van der Waals surface area contributed by atoms with E-state index in [9.17, 15) is 4.79 Å². The Kier molecular flexibility index (Phi) is 4.94. The Bertz CT molecular complexity index is 734. The van der Waals surface area contributed by atoms with Gasteiger partial charge in [0.1, 0.15) is 18.0 Å². The van der Waals surface area contributed by atoms with Crippen molar-refractivity contribution in [2.75, 3.05) is 19.5 Å². The van der Waals surface area contributed by atoms with E-state index in [0.29, 0.717) is 22.2 Å². The van der Waals surface area contributed by atoms with E-state index < -0.39 is 0 Å². The van der Waals surface area contributed by atoms with Crippen molar-refractivity contribution < 1.29 is 14.3 Å². The number of aromatic nitrogens is 2. The van der Waals surface area contributed by atoms with Gasteiger partial charge in [-0.15, -0.1) is 0 Å². The number of carbonyl (C=O) groups excluding carboxylic acids is 1. The zero-order chi connectivity index (χ0) is 17.1. The van der Waals surface area contributed by atoms with E-state index in [4.69, 9.17) is 21.1 Å². The Labute approximate surface area is 145 Å². The lowest BCUT2D eigenvalue weighted by molar-refractivity contribution is -0.116. The van der Waals surface area contributed by atoms with Gasteiger partial charge in [-0.3, -0.25) is 9.48 Å². The Morgan fingerprint density at radius 1 is 1.25 bits per heavy atom. The van der Waals surface area contributed by atoms with Crippen LogP contribution < -0.4 is 14.8 Å². The van der Waals surface area contributed by atoms with E-state index in [1.54, 1.807) is 16.8 Å². The normalized spacial score (nSPS) is 13.3. The number of fused-ring (bicyclic) bond motifs is 1. The third-order valence-electron chi connectivity index (χ3n) is 4.09. The van der Waals surface area contributed by atoms with Gasteiger partial charge in [0.05, 0.1) is 30.6 Å². The van der Waals surface area contributed by atoms with Gasteiger partial charge in [-0.25, -0.2) is 0 Å². The highest BCUT2D eigenvalue weighted by atomic mass is 35.5. The average Bonchev–Trinajstić information content (AvgIpc) is 2.97. The van der Waals surface area contributed by atoms with Crippen LogP contribution in [0.5, 0.6) is 11.5 Å². The fraction of sp³-hybridized carbons (Fsp3) is 0.412. The number of rotatable bonds is 5. The molecule has 0 bridgehead atoms. The van der Waals surface area contributed by atoms with Crippen LogP contribution in [0.2, 0.25) is 5.02 Å².